The van der Waals surface area contributed by atoms with Crippen molar-refractivity contribution in [2.24, 2.45) is 0 Å². The van der Waals surface area contributed by atoms with Crippen LogP contribution >= 0.6 is 0 Å². The summed E-state index contributed by atoms with van der Waals surface area (Å²) in [6.07, 6.45) is 6.23. The van der Waals surface area contributed by atoms with Crippen LogP contribution < -0.4 is 0 Å². The van der Waals surface area contributed by atoms with Crippen LogP contribution in [-0.2, 0) is 6.42 Å². The summed E-state index contributed by atoms with van der Waals surface area (Å²) in [6.45, 7) is 2.24. The fourth-order valence-electron chi connectivity index (χ4n) is 3.83. The number of hydrogen-bond acceptors (Lipinski definition) is 0. The van der Waals surface area contributed by atoms with Gasteiger partial charge in [0.15, 0.2) is 11.6 Å². The van der Waals surface area contributed by atoms with E-state index >= 15 is 0 Å². The van der Waals surface area contributed by atoms with Crippen molar-refractivity contribution in [1.29, 1.82) is 0 Å². The fourth-order valence-corrected chi connectivity index (χ4v) is 3.83. The number of unbranched alkanes of at least 4 members (excludes halogenated alkanes) is 3. The van der Waals surface area contributed by atoms with Crippen molar-refractivity contribution in [3.63, 3.8) is 0 Å². The van der Waals surface area contributed by atoms with E-state index in [9.17, 15) is 8.78 Å². The standard InChI is InChI=1S/C28H24F2/c1-2-3-4-5-6-20-9-14-25-23(17-20)12-13-24-18-21(10-15-26(24)25)7-8-22-11-16-27(29)28(30)19-22/h9-19H,2-6H2,1H3. The average Bonchev–Trinajstić information content (AvgIpc) is 2.77. The maximum Gasteiger partial charge on any atom is 0.160 e. The molecule has 0 aliphatic carbocycles. The first-order chi connectivity index (χ1) is 14.6. The van der Waals surface area contributed by atoms with Crippen molar-refractivity contribution in [2.75, 3.05) is 0 Å². The topological polar surface area (TPSA) is 0 Å². The lowest BCUT2D eigenvalue weighted by Crippen LogP contribution is -1.87. The molecule has 0 fully saturated rings. The van der Waals surface area contributed by atoms with Gasteiger partial charge in [-0.2, -0.15) is 0 Å². The Morgan fingerprint density at radius 3 is 2.03 bits per heavy atom. The molecule has 2 heteroatoms. The van der Waals surface area contributed by atoms with Gasteiger partial charge in [0.05, 0.1) is 0 Å². The third kappa shape index (κ3) is 4.52. The van der Waals surface area contributed by atoms with Gasteiger partial charge in [-0.25, -0.2) is 8.78 Å². The Morgan fingerprint density at radius 1 is 0.633 bits per heavy atom. The first kappa shape index (κ1) is 20.1. The summed E-state index contributed by atoms with van der Waals surface area (Å²) in [5, 5.41) is 4.82. The summed E-state index contributed by atoms with van der Waals surface area (Å²) in [7, 11) is 0. The van der Waals surface area contributed by atoms with Crippen molar-refractivity contribution >= 4 is 21.5 Å². The Balaban J connectivity index is 1.60. The Kier molecular flexibility index (Phi) is 6.10. The molecule has 0 nitrogen and oxygen atoms in total. The monoisotopic (exact) mass is 398 g/mol. The van der Waals surface area contributed by atoms with Crippen LogP contribution in [0, 0.1) is 23.5 Å². The maximum absolute atomic E-state index is 13.4. The molecule has 0 atom stereocenters. The molecule has 0 saturated heterocycles. The predicted molar refractivity (Wildman–Crippen MR) is 122 cm³/mol. The van der Waals surface area contributed by atoms with E-state index in [4.69, 9.17) is 0 Å². The first-order valence-electron chi connectivity index (χ1n) is 10.6. The summed E-state index contributed by atoms with van der Waals surface area (Å²) in [6, 6.07) is 20.9. The lowest BCUT2D eigenvalue weighted by molar-refractivity contribution is 0.508. The third-order valence-electron chi connectivity index (χ3n) is 5.49. The van der Waals surface area contributed by atoms with Gasteiger partial charge in [-0.3, -0.25) is 0 Å². The lowest BCUT2D eigenvalue weighted by Gasteiger charge is -2.07. The Morgan fingerprint density at radius 2 is 1.30 bits per heavy atom. The molecule has 4 rings (SSSR count). The van der Waals surface area contributed by atoms with E-state index in [-0.39, 0.29) is 0 Å². The number of aryl methyl sites for hydroxylation is 1. The van der Waals surface area contributed by atoms with Gasteiger partial charge in [0.1, 0.15) is 0 Å². The molecular formula is C28H24F2. The van der Waals surface area contributed by atoms with Crippen LogP contribution in [0.4, 0.5) is 8.78 Å². The van der Waals surface area contributed by atoms with E-state index in [1.54, 1.807) is 0 Å². The van der Waals surface area contributed by atoms with Crippen LogP contribution in [0.2, 0.25) is 0 Å². The van der Waals surface area contributed by atoms with E-state index in [0.29, 0.717) is 5.56 Å². The van der Waals surface area contributed by atoms with Gasteiger partial charge < -0.3 is 0 Å². The molecular weight excluding hydrogens is 374 g/mol. The van der Waals surface area contributed by atoms with Crippen LogP contribution in [0.25, 0.3) is 21.5 Å². The Bertz CT molecular complexity index is 1260. The first-order valence-corrected chi connectivity index (χ1v) is 10.6. The zero-order chi connectivity index (χ0) is 20.9. The van der Waals surface area contributed by atoms with Crippen LogP contribution in [0.3, 0.4) is 0 Å². The number of fused-ring (bicyclic) bond motifs is 3. The zero-order valence-corrected chi connectivity index (χ0v) is 17.1. The molecule has 150 valence electrons. The number of rotatable bonds is 5. The summed E-state index contributed by atoms with van der Waals surface area (Å²) in [4.78, 5) is 0. The molecule has 0 saturated carbocycles. The molecule has 0 N–H and O–H groups in total. The van der Waals surface area contributed by atoms with Gasteiger partial charge in [0.2, 0.25) is 0 Å². The van der Waals surface area contributed by atoms with Crippen molar-refractivity contribution < 1.29 is 8.78 Å². The second-order valence-electron chi connectivity index (χ2n) is 7.75. The number of hydrogen-bond donors (Lipinski definition) is 0. The highest BCUT2D eigenvalue weighted by atomic mass is 19.2. The minimum absolute atomic E-state index is 0.457. The predicted octanol–water partition coefficient (Wildman–Crippen LogP) is 7.79. The van der Waals surface area contributed by atoms with Gasteiger partial charge in [-0.1, -0.05) is 74.4 Å². The largest absolute Gasteiger partial charge is 0.204 e. The molecule has 4 aromatic rings. The van der Waals surface area contributed by atoms with E-state index in [2.05, 4.69) is 55.2 Å². The van der Waals surface area contributed by atoms with Gasteiger partial charge >= 0.3 is 0 Å². The van der Waals surface area contributed by atoms with E-state index in [1.165, 1.54) is 53.5 Å². The molecule has 0 aliphatic rings. The molecule has 0 bridgehead atoms. The lowest BCUT2D eigenvalue weighted by atomic mass is 9.97. The highest BCUT2D eigenvalue weighted by molar-refractivity contribution is 6.07. The fraction of sp³-hybridized carbons (Fsp3) is 0.214. The van der Waals surface area contributed by atoms with Gasteiger partial charge in [-0.05, 0) is 70.3 Å². The van der Waals surface area contributed by atoms with Crippen molar-refractivity contribution in [3.05, 3.63) is 95.1 Å². The van der Waals surface area contributed by atoms with Crippen molar-refractivity contribution in [3.8, 4) is 11.8 Å². The minimum atomic E-state index is -0.878. The number of halogens is 2. The molecule has 0 aliphatic heterocycles. The van der Waals surface area contributed by atoms with E-state index in [0.717, 1.165) is 29.5 Å². The molecule has 0 amide bonds. The Hall–Kier alpha value is -3.18. The molecule has 0 heterocycles. The van der Waals surface area contributed by atoms with Crippen LogP contribution in [-0.4, -0.2) is 0 Å². The summed E-state index contributed by atoms with van der Waals surface area (Å²) in [5.41, 5.74) is 2.70. The SMILES string of the molecule is CCCCCCc1ccc2c(ccc3cc(C#Cc4ccc(F)c(F)c4)ccc32)c1. The second kappa shape index (κ2) is 9.09. The average molecular weight is 398 g/mol. The van der Waals surface area contributed by atoms with Crippen LogP contribution in [0.1, 0.15) is 49.3 Å². The smallest absolute Gasteiger partial charge is 0.160 e. The van der Waals surface area contributed by atoms with Crippen LogP contribution in [0.15, 0.2) is 66.7 Å². The highest BCUT2D eigenvalue weighted by Crippen LogP contribution is 2.27. The maximum atomic E-state index is 13.4. The molecule has 0 spiro atoms. The third-order valence-corrected chi connectivity index (χ3v) is 5.49. The van der Waals surface area contributed by atoms with Gasteiger partial charge in [0, 0.05) is 11.1 Å². The van der Waals surface area contributed by atoms with Crippen LogP contribution in [0.5, 0.6) is 0 Å². The minimum Gasteiger partial charge on any atom is -0.204 e. The Labute approximate surface area is 176 Å². The molecule has 0 aromatic heterocycles. The molecule has 30 heavy (non-hydrogen) atoms. The van der Waals surface area contributed by atoms with E-state index < -0.39 is 11.6 Å². The molecule has 4 aromatic carbocycles. The molecule has 0 unspecified atom stereocenters. The summed E-state index contributed by atoms with van der Waals surface area (Å²) in [5.74, 6) is 4.22. The zero-order valence-electron chi connectivity index (χ0n) is 17.1. The summed E-state index contributed by atoms with van der Waals surface area (Å²) < 4.78 is 26.4. The number of benzene rings is 4. The molecule has 0 radical (unpaired) electrons. The quantitative estimate of drug-likeness (QED) is 0.183. The normalized spacial score (nSPS) is 10.9. The van der Waals surface area contributed by atoms with Gasteiger partial charge in [-0.15, -0.1) is 0 Å². The second-order valence-corrected chi connectivity index (χ2v) is 7.75. The summed E-state index contributed by atoms with van der Waals surface area (Å²) >= 11 is 0. The highest BCUT2D eigenvalue weighted by Gasteiger charge is 2.04. The van der Waals surface area contributed by atoms with E-state index in [1.807, 2.05) is 12.1 Å². The van der Waals surface area contributed by atoms with Crippen molar-refractivity contribution in [1.82, 2.24) is 0 Å². The van der Waals surface area contributed by atoms with Gasteiger partial charge in [0.25, 0.3) is 0 Å². The van der Waals surface area contributed by atoms with Crippen molar-refractivity contribution in [2.45, 2.75) is 39.0 Å².